The summed E-state index contributed by atoms with van der Waals surface area (Å²) in [7, 11) is 3.80. The number of nitrogens with zero attached hydrogens (tertiary/aromatic N) is 3. The molecule has 5 nitrogen and oxygen atoms in total. The lowest BCUT2D eigenvalue weighted by molar-refractivity contribution is 0.0216. The molecule has 124 valence electrons. The lowest BCUT2D eigenvalue weighted by Crippen LogP contribution is -2.20. The fraction of sp³-hybridized carbons (Fsp3) is 0.562. The Morgan fingerprint density at radius 3 is 2.61 bits per heavy atom. The fourth-order valence-electron chi connectivity index (χ4n) is 3.00. The molecule has 2 heterocycles. The van der Waals surface area contributed by atoms with E-state index < -0.39 is 0 Å². The monoisotopic (exact) mass is 353 g/mol. The molecule has 0 unspecified atom stereocenters. The number of esters is 1. The van der Waals surface area contributed by atoms with Crippen molar-refractivity contribution in [1.82, 2.24) is 9.97 Å². The van der Waals surface area contributed by atoms with Gasteiger partial charge in [-0.15, -0.1) is 11.3 Å². The van der Waals surface area contributed by atoms with E-state index in [-0.39, 0.29) is 17.4 Å². The van der Waals surface area contributed by atoms with Crippen LogP contribution in [-0.4, -0.2) is 36.1 Å². The lowest BCUT2D eigenvalue weighted by atomic mass is 9.98. The number of fused-ring (bicyclic) bond motifs is 1. The van der Waals surface area contributed by atoms with E-state index >= 15 is 0 Å². The molecule has 3 rings (SSSR count). The number of rotatable bonds is 3. The highest BCUT2D eigenvalue weighted by Crippen LogP contribution is 2.36. The zero-order valence-corrected chi connectivity index (χ0v) is 15.1. The average molecular weight is 354 g/mol. The first-order chi connectivity index (χ1) is 11.0. The number of carbonyl (C=O) groups is 1. The predicted molar refractivity (Wildman–Crippen MR) is 93.8 cm³/mol. The van der Waals surface area contributed by atoms with Crippen molar-refractivity contribution in [2.75, 3.05) is 19.0 Å². The first-order valence-electron chi connectivity index (χ1n) is 7.82. The van der Waals surface area contributed by atoms with Crippen molar-refractivity contribution in [2.24, 2.45) is 0 Å². The molecule has 23 heavy (non-hydrogen) atoms. The summed E-state index contributed by atoms with van der Waals surface area (Å²) in [4.78, 5) is 24.3. The molecule has 0 aromatic carbocycles. The average Bonchev–Trinajstić information content (AvgIpc) is 2.84. The highest BCUT2D eigenvalue weighted by molar-refractivity contribution is 7.20. The van der Waals surface area contributed by atoms with Crippen LogP contribution in [0.15, 0.2) is 0 Å². The molecule has 1 aliphatic rings. The number of aryl methyl sites for hydroxylation is 1. The van der Waals surface area contributed by atoms with Crippen molar-refractivity contribution in [3.8, 4) is 0 Å². The van der Waals surface area contributed by atoms with Gasteiger partial charge in [0, 0.05) is 14.1 Å². The van der Waals surface area contributed by atoms with Gasteiger partial charge in [-0.2, -0.15) is 4.98 Å². The molecule has 2 aromatic rings. The van der Waals surface area contributed by atoms with Gasteiger partial charge in [-0.1, -0.05) is 6.42 Å². The highest BCUT2D eigenvalue weighted by atomic mass is 35.5. The summed E-state index contributed by atoms with van der Waals surface area (Å²) in [5.74, 6) is 0.476. The molecule has 0 aliphatic heterocycles. The van der Waals surface area contributed by atoms with Crippen LogP contribution in [0.5, 0.6) is 0 Å². The number of thiophene rings is 1. The number of aromatic nitrogens is 2. The van der Waals surface area contributed by atoms with Crippen LogP contribution in [0, 0.1) is 6.92 Å². The third-order valence-corrected chi connectivity index (χ3v) is 5.51. The first-order valence-corrected chi connectivity index (χ1v) is 9.01. The predicted octanol–water partition coefficient (Wildman–Crippen LogP) is 4.21. The number of anilines is 1. The van der Waals surface area contributed by atoms with Gasteiger partial charge in [-0.25, -0.2) is 9.78 Å². The van der Waals surface area contributed by atoms with E-state index in [0.717, 1.165) is 47.3 Å². The topological polar surface area (TPSA) is 55.3 Å². The summed E-state index contributed by atoms with van der Waals surface area (Å²) in [6.07, 6.45) is 5.47. The molecule has 0 spiro atoms. The van der Waals surface area contributed by atoms with Crippen molar-refractivity contribution in [3.63, 3.8) is 0 Å². The Morgan fingerprint density at radius 1 is 1.26 bits per heavy atom. The van der Waals surface area contributed by atoms with Gasteiger partial charge in [0.15, 0.2) is 0 Å². The van der Waals surface area contributed by atoms with Crippen LogP contribution in [0.25, 0.3) is 10.2 Å². The lowest BCUT2D eigenvalue weighted by Gasteiger charge is -2.21. The third-order valence-electron chi connectivity index (χ3n) is 4.18. The number of carbonyl (C=O) groups excluding carboxylic acids is 1. The summed E-state index contributed by atoms with van der Waals surface area (Å²) in [6.45, 7) is 1.92. The van der Waals surface area contributed by atoms with E-state index in [4.69, 9.17) is 16.3 Å². The number of ether oxygens (including phenoxy) is 1. The van der Waals surface area contributed by atoms with Crippen molar-refractivity contribution >= 4 is 44.9 Å². The van der Waals surface area contributed by atoms with Gasteiger partial charge >= 0.3 is 5.97 Å². The zero-order chi connectivity index (χ0) is 16.6. The van der Waals surface area contributed by atoms with Gasteiger partial charge in [0.05, 0.1) is 5.39 Å². The molecule has 0 radical (unpaired) electrons. The molecular formula is C16H20ClN3O2S. The zero-order valence-electron chi connectivity index (χ0n) is 13.6. The molecule has 2 aromatic heterocycles. The van der Waals surface area contributed by atoms with E-state index in [1.54, 1.807) is 0 Å². The van der Waals surface area contributed by atoms with Crippen LogP contribution in [0.4, 0.5) is 5.82 Å². The Kier molecular flexibility index (Phi) is 4.73. The Hall–Kier alpha value is -1.40. The molecule has 0 saturated heterocycles. The Labute approximate surface area is 144 Å². The van der Waals surface area contributed by atoms with Gasteiger partial charge in [0.1, 0.15) is 21.6 Å². The Morgan fingerprint density at radius 2 is 1.96 bits per heavy atom. The Bertz CT molecular complexity index is 738. The first kappa shape index (κ1) is 16.5. The minimum atomic E-state index is -0.252. The SMILES string of the molecule is Cc1c(C(=O)OC2CCCCC2)sc2nc(Cl)nc(N(C)C)c12. The molecule has 0 atom stereocenters. The fourth-order valence-corrected chi connectivity index (χ4v) is 4.27. The normalized spacial score (nSPS) is 15.8. The van der Waals surface area contributed by atoms with Crippen LogP contribution in [0.2, 0.25) is 5.28 Å². The summed E-state index contributed by atoms with van der Waals surface area (Å²) < 4.78 is 5.70. The minimum absolute atomic E-state index is 0.0452. The largest absolute Gasteiger partial charge is 0.458 e. The van der Waals surface area contributed by atoms with Crippen molar-refractivity contribution in [1.29, 1.82) is 0 Å². The molecule has 7 heteroatoms. The van der Waals surface area contributed by atoms with E-state index in [1.807, 2.05) is 25.9 Å². The molecule has 0 bridgehead atoms. The van der Waals surface area contributed by atoms with Crippen LogP contribution < -0.4 is 4.90 Å². The quantitative estimate of drug-likeness (QED) is 0.611. The maximum atomic E-state index is 12.6. The van der Waals surface area contributed by atoms with Gasteiger partial charge < -0.3 is 9.64 Å². The van der Waals surface area contributed by atoms with Crippen molar-refractivity contribution in [2.45, 2.75) is 45.1 Å². The molecule has 1 aliphatic carbocycles. The molecule has 0 N–H and O–H groups in total. The summed E-state index contributed by atoms with van der Waals surface area (Å²) in [5.41, 5.74) is 0.867. The molecule has 1 saturated carbocycles. The third kappa shape index (κ3) is 3.28. The second-order valence-corrected chi connectivity index (χ2v) is 7.45. The maximum Gasteiger partial charge on any atom is 0.348 e. The van der Waals surface area contributed by atoms with Crippen LogP contribution >= 0.6 is 22.9 Å². The molecule has 0 amide bonds. The van der Waals surface area contributed by atoms with E-state index in [1.165, 1.54) is 17.8 Å². The highest BCUT2D eigenvalue weighted by Gasteiger charge is 2.25. The van der Waals surface area contributed by atoms with Crippen molar-refractivity contribution < 1.29 is 9.53 Å². The van der Waals surface area contributed by atoms with Crippen LogP contribution in [0.1, 0.15) is 47.3 Å². The van der Waals surface area contributed by atoms with E-state index in [0.29, 0.717) is 4.88 Å². The van der Waals surface area contributed by atoms with Gasteiger partial charge in [0.25, 0.3) is 0 Å². The van der Waals surface area contributed by atoms with E-state index in [2.05, 4.69) is 9.97 Å². The van der Waals surface area contributed by atoms with E-state index in [9.17, 15) is 4.79 Å². The number of hydrogen-bond acceptors (Lipinski definition) is 6. The summed E-state index contributed by atoms with van der Waals surface area (Å²) in [5, 5.41) is 1.06. The van der Waals surface area contributed by atoms with Gasteiger partial charge in [-0.05, 0) is 49.8 Å². The van der Waals surface area contributed by atoms with Crippen LogP contribution in [0.3, 0.4) is 0 Å². The van der Waals surface area contributed by atoms with Crippen LogP contribution in [-0.2, 0) is 4.74 Å². The standard InChI is InChI=1S/C16H20ClN3O2S/c1-9-11-13(20(2)3)18-16(17)19-14(11)23-12(9)15(21)22-10-7-5-4-6-8-10/h10H,4-8H2,1-3H3. The Balaban J connectivity index is 1.96. The maximum absolute atomic E-state index is 12.6. The molecule has 1 fully saturated rings. The smallest absolute Gasteiger partial charge is 0.348 e. The molecular weight excluding hydrogens is 334 g/mol. The van der Waals surface area contributed by atoms with Gasteiger partial charge in [-0.3, -0.25) is 0 Å². The minimum Gasteiger partial charge on any atom is -0.458 e. The number of hydrogen-bond donors (Lipinski definition) is 0. The second-order valence-electron chi connectivity index (χ2n) is 6.11. The summed E-state index contributed by atoms with van der Waals surface area (Å²) >= 11 is 7.34. The van der Waals surface area contributed by atoms with Crippen molar-refractivity contribution in [3.05, 3.63) is 15.7 Å². The second kappa shape index (κ2) is 6.61. The number of halogens is 1. The summed E-state index contributed by atoms with van der Waals surface area (Å²) in [6, 6.07) is 0. The van der Waals surface area contributed by atoms with Gasteiger partial charge in [0.2, 0.25) is 5.28 Å².